The first kappa shape index (κ1) is 15.2. The molecule has 1 aliphatic heterocycles. The highest BCUT2D eigenvalue weighted by Gasteiger charge is 2.24. The number of aliphatic imine (C=N–C) groups is 1. The molecule has 0 radical (unpaired) electrons. The van der Waals surface area contributed by atoms with Crippen LogP contribution in [0.1, 0.15) is 20.3 Å². The zero-order valence-electron chi connectivity index (χ0n) is 11.0. The summed E-state index contributed by atoms with van der Waals surface area (Å²) in [6.45, 7) is 4.10. The molecule has 0 fully saturated rings. The van der Waals surface area contributed by atoms with E-state index in [9.17, 15) is 17.6 Å². The molecule has 0 bridgehead atoms. The molecule has 1 aliphatic rings. The molecular weight excluding hydrogens is 292 g/mol. The van der Waals surface area contributed by atoms with Crippen molar-refractivity contribution in [1.82, 2.24) is 0 Å². The van der Waals surface area contributed by atoms with Crippen LogP contribution in [0.25, 0.3) is 0 Å². The first-order valence-electron chi connectivity index (χ1n) is 6.19. The molecule has 1 atom stereocenters. The van der Waals surface area contributed by atoms with Crippen LogP contribution in [0.2, 0.25) is 0 Å². The van der Waals surface area contributed by atoms with E-state index < -0.39 is 29.0 Å². The average molecular weight is 306 g/mol. The lowest BCUT2D eigenvalue weighted by atomic mass is 10.1. The second-order valence-corrected chi connectivity index (χ2v) is 6.01. The standard InChI is InChI=1S/C13H14F4N2S/c1-6(2)3-7-5-20-13(18-7)19-12-10(16)8(14)4-9(15)11(12)17/h4,6-7H,3,5H2,1-2H3,(H,18,19). The molecule has 2 rings (SSSR count). The number of benzene rings is 1. The van der Waals surface area contributed by atoms with Crippen molar-refractivity contribution in [2.24, 2.45) is 10.9 Å². The zero-order chi connectivity index (χ0) is 14.9. The van der Waals surface area contributed by atoms with Crippen LogP contribution in [0.5, 0.6) is 0 Å². The third kappa shape index (κ3) is 3.26. The third-order valence-electron chi connectivity index (χ3n) is 2.80. The van der Waals surface area contributed by atoms with E-state index >= 15 is 0 Å². The van der Waals surface area contributed by atoms with Crippen molar-refractivity contribution in [2.75, 3.05) is 11.1 Å². The zero-order valence-corrected chi connectivity index (χ0v) is 11.8. The minimum absolute atomic E-state index is 0.0482. The van der Waals surface area contributed by atoms with E-state index in [1.165, 1.54) is 11.8 Å². The van der Waals surface area contributed by atoms with Crippen LogP contribution in [-0.2, 0) is 0 Å². The summed E-state index contributed by atoms with van der Waals surface area (Å²) < 4.78 is 53.1. The van der Waals surface area contributed by atoms with Crippen molar-refractivity contribution in [1.29, 1.82) is 0 Å². The van der Waals surface area contributed by atoms with E-state index in [-0.39, 0.29) is 17.3 Å². The molecule has 0 aliphatic carbocycles. The predicted molar refractivity (Wildman–Crippen MR) is 73.0 cm³/mol. The van der Waals surface area contributed by atoms with Crippen LogP contribution in [0.15, 0.2) is 11.1 Å². The number of nitrogens with one attached hydrogen (secondary N) is 1. The highest BCUT2D eigenvalue weighted by atomic mass is 32.2. The predicted octanol–water partition coefficient (Wildman–Crippen LogP) is 4.17. The molecule has 1 aromatic rings. The minimum Gasteiger partial charge on any atom is -0.330 e. The number of rotatable bonds is 3. The fourth-order valence-electron chi connectivity index (χ4n) is 1.94. The van der Waals surface area contributed by atoms with Gasteiger partial charge in [0.25, 0.3) is 0 Å². The monoisotopic (exact) mass is 306 g/mol. The van der Waals surface area contributed by atoms with Crippen LogP contribution >= 0.6 is 11.8 Å². The number of nitrogens with zero attached hydrogens (tertiary/aromatic N) is 1. The molecule has 0 spiro atoms. The molecule has 0 aromatic heterocycles. The molecule has 1 unspecified atom stereocenters. The van der Waals surface area contributed by atoms with Gasteiger partial charge in [-0.3, -0.25) is 4.99 Å². The van der Waals surface area contributed by atoms with Gasteiger partial charge in [-0.2, -0.15) is 0 Å². The summed E-state index contributed by atoms with van der Waals surface area (Å²) in [6, 6.07) is 0.230. The molecule has 20 heavy (non-hydrogen) atoms. The summed E-state index contributed by atoms with van der Waals surface area (Å²) in [4.78, 5) is 4.26. The fraction of sp³-hybridized carbons (Fsp3) is 0.462. The van der Waals surface area contributed by atoms with Gasteiger partial charge in [0.15, 0.2) is 28.4 Å². The molecule has 7 heteroatoms. The Balaban J connectivity index is 2.19. The Kier molecular flexibility index (Phi) is 4.57. The Morgan fingerprint density at radius 1 is 1.25 bits per heavy atom. The maximum absolute atomic E-state index is 13.5. The first-order chi connectivity index (χ1) is 9.38. The average Bonchev–Trinajstić information content (AvgIpc) is 2.79. The van der Waals surface area contributed by atoms with Gasteiger partial charge in [-0.05, 0) is 12.3 Å². The number of amidine groups is 1. The van der Waals surface area contributed by atoms with Crippen LogP contribution < -0.4 is 5.32 Å². The Bertz CT molecular complexity index is 519. The van der Waals surface area contributed by atoms with E-state index in [1.54, 1.807) is 0 Å². The second kappa shape index (κ2) is 6.03. The minimum atomic E-state index is -1.44. The van der Waals surface area contributed by atoms with Crippen molar-refractivity contribution in [2.45, 2.75) is 26.3 Å². The van der Waals surface area contributed by atoms with Crippen LogP contribution in [-0.4, -0.2) is 17.0 Å². The molecular formula is C13H14F4N2S. The molecule has 0 saturated heterocycles. The first-order valence-corrected chi connectivity index (χ1v) is 7.17. The lowest BCUT2D eigenvalue weighted by Gasteiger charge is -2.09. The second-order valence-electron chi connectivity index (χ2n) is 5.00. The summed E-state index contributed by atoms with van der Waals surface area (Å²) in [5, 5.41) is 2.62. The Morgan fingerprint density at radius 2 is 1.85 bits per heavy atom. The van der Waals surface area contributed by atoms with Crippen molar-refractivity contribution in [3.05, 3.63) is 29.3 Å². The number of halogens is 4. The van der Waals surface area contributed by atoms with Crippen molar-refractivity contribution in [3.8, 4) is 0 Å². The summed E-state index contributed by atoms with van der Waals surface area (Å²) in [5.74, 6) is -4.63. The lowest BCUT2D eigenvalue weighted by Crippen LogP contribution is -2.11. The Labute approximate surface area is 118 Å². The van der Waals surface area contributed by atoms with Crippen molar-refractivity contribution >= 4 is 22.6 Å². The summed E-state index contributed by atoms with van der Waals surface area (Å²) in [7, 11) is 0. The molecule has 110 valence electrons. The summed E-state index contributed by atoms with van der Waals surface area (Å²) in [5.41, 5.74) is -0.834. The van der Waals surface area contributed by atoms with Gasteiger partial charge in [0, 0.05) is 11.8 Å². The van der Waals surface area contributed by atoms with E-state index in [2.05, 4.69) is 10.3 Å². The van der Waals surface area contributed by atoms with Crippen molar-refractivity contribution < 1.29 is 17.6 Å². The van der Waals surface area contributed by atoms with Gasteiger partial charge in [0.05, 0.1) is 6.04 Å². The Morgan fingerprint density at radius 3 is 2.40 bits per heavy atom. The number of anilines is 1. The van der Waals surface area contributed by atoms with Crippen LogP contribution in [0, 0.1) is 29.2 Å². The van der Waals surface area contributed by atoms with Gasteiger partial charge in [-0.25, -0.2) is 17.6 Å². The number of hydrogen-bond acceptors (Lipinski definition) is 3. The van der Waals surface area contributed by atoms with E-state index in [0.717, 1.165) is 6.42 Å². The quantitative estimate of drug-likeness (QED) is 0.669. The smallest absolute Gasteiger partial charge is 0.185 e. The van der Waals surface area contributed by atoms with Gasteiger partial charge < -0.3 is 5.32 Å². The van der Waals surface area contributed by atoms with Gasteiger partial charge in [0.2, 0.25) is 0 Å². The Hall–Kier alpha value is -1.24. The fourth-order valence-corrected chi connectivity index (χ4v) is 2.90. The van der Waals surface area contributed by atoms with Crippen molar-refractivity contribution in [3.63, 3.8) is 0 Å². The summed E-state index contributed by atoms with van der Waals surface area (Å²) in [6.07, 6.45) is 0.848. The van der Waals surface area contributed by atoms with Gasteiger partial charge >= 0.3 is 0 Å². The molecule has 1 aromatic carbocycles. The van der Waals surface area contributed by atoms with Gasteiger partial charge in [0.1, 0.15) is 5.69 Å². The lowest BCUT2D eigenvalue weighted by molar-refractivity contribution is 0.459. The molecule has 1 heterocycles. The molecule has 0 saturated carbocycles. The van der Waals surface area contributed by atoms with E-state index in [4.69, 9.17) is 0 Å². The topological polar surface area (TPSA) is 24.4 Å². The highest BCUT2D eigenvalue weighted by Crippen LogP contribution is 2.28. The van der Waals surface area contributed by atoms with E-state index in [0.29, 0.717) is 11.7 Å². The third-order valence-corrected chi connectivity index (χ3v) is 3.83. The SMILES string of the molecule is CC(C)CC1CSC(Nc2c(F)c(F)cc(F)c2F)=N1. The summed E-state index contributed by atoms with van der Waals surface area (Å²) >= 11 is 1.28. The molecule has 1 N–H and O–H groups in total. The van der Waals surface area contributed by atoms with Gasteiger partial charge in [-0.15, -0.1) is 0 Å². The normalized spacial score (nSPS) is 18.6. The van der Waals surface area contributed by atoms with Gasteiger partial charge in [-0.1, -0.05) is 25.6 Å². The number of hydrogen-bond donors (Lipinski definition) is 1. The maximum atomic E-state index is 13.5. The van der Waals surface area contributed by atoms with Crippen LogP contribution in [0.4, 0.5) is 23.2 Å². The number of thioether (sulfide) groups is 1. The largest absolute Gasteiger partial charge is 0.330 e. The van der Waals surface area contributed by atoms with Crippen LogP contribution in [0.3, 0.4) is 0 Å². The highest BCUT2D eigenvalue weighted by molar-refractivity contribution is 8.14. The molecule has 0 amide bonds. The maximum Gasteiger partial charge on any atom is 0.185 e. The van der Waals surface area contributed by atoms with E-state index in [1.807, 2.05) is 13.8 Å². The molecule has 2 nitrogen and oxygen atoms in total.